The molecule has 0 fully saturated rings. The van der Waals surface area contributed by atoms with Crippen LogP contribution in [0.15, 0.2) is 10.7 Å². The largest absolute Gasteiger partial charge is 0.481 e. The molecule has 1 aromatic rings. The number of nitrogens with zero attached hydrogens (tertiary/aromatic N) is 1. The molecular weight excluding hydrogens is 162 g/mol. The molecule has 0 aromatic carbocycles. The summed E-state index contributed by atoms with van der Waals surface area (Å²) in [5.74, 6) is -0.576. The molecule has 0 aliphatic carbocycles. The van der Waals surface area contributed by atoms with E-state index < -0.39 is 5.97 Å². The topological polar surface area (TPSA) is 83.6 Å². The van der Waals surface area contributed by atoms with Crippen LogP contribution in [0.1, 0.15) is 11.6 Å². The second-order valence-electron chi connectivity index (χ2n) is 2.28. The Hall–Kier alpha value is -1.36. The molecule has 0 unspecified atom stereocenters. The molecule has 5 nitrogen and oxygen atoms in total. The lowest BCUT2D eigenvalue weighted by molar-refractivity contribution is -0.136. The van der Waals surface area contributed by atoms with Gasteiger partial charge in [0.2, 0.25) is 0 Å². The first-order valence-electron chi connectivity index (χ1n) is 3.48. The zero-order valence-electron chi connectivity index (χ0n) is 6.36. The summed E-state index contributed by atoms with van der Waals surface area (Å²) in [6.45, 7) is -0.0486. The van der Waals surface area contributed by atoms with Gasteiger partial charge in [-0.05, 0) is 0 Å². The van der Waals surface area contributed by atoms with Gasteiger partial charge in [-0.1, -0.05) is 0 Å². The molecule has 0 atom stereocenters. The van der Waals surface area contributed by atoms with Crippen LogP contribution >= 0.6 is 0 Å². The highest BCUT2D eigenvalue weighted by atomic mass is 16.4. The predicted octanol–water partition coefficient (Wildman–Crippen LogP) is -0.163. The summed E-state index contributed by atoms with van der Waals surface area (Å²) in [5.41, 5.74) is 0.381. The highest BCUT2D eigenvalue weighted by molar-refractivity contribution is 5.69. The van der Waals surface area contributed by atoms with Crippen molar-refractivity contribution in [1.29, 1.82) is 0 Å². The third kappa shape index (κ3) is 2.35. The summed E-state index contributed by atoms with van der Waals surface area (Å²) >= 11 is 0. The lowest BCUT2D eigenvalue weighted by Crippen LogP contribution is -2.00. The SMILES string of the molecule is O=C(O)Cc1coc(CCO)n1. The Balaban J connectivity index is 2.58. The van der Waals surface area contributed by atoms with Crippen LogP contribution in [0.4, 0.5) is 0 Å². The van der Waals surface area contributed by atoms with E-state index in [9.17, 15) is 4.79 Å². The first-order chi connectivity index (χ1) is 5.72. The lowest BCUT2D eigenvalue weighted by Gasteiger charge is -1.86. The molecule has 1 heterocycles. The van der Waals surface area contributed by atoms with E-state index >= 15 is 0 Å². The van der Waals surface area contributed by atoms with Crippen LogP contribution in [0, 0.1) is 0 Å². The third-order valence-corrected chi connectivity index (χ3v) is 1.26. The number of aliphatic hydroxyl groups excluding tert-OH is 1. The summed E-state index contributed by atoms with van der Waals surface area (Å²) in [6.07, 6.45) is 1.47. The van der Waals surface area contributed by atoms with E-state index in [1.54, 1.807) is 0 Å². The van der Waals surface area contributed by atoms with Crippen LogP contribution in [-0.2, 0) is 17.6 Å². The Kier molecular flexibility index (Phi) is 2.82. The Labute approximate surface area is 68.7 Å². The summed E-state index contributed by atoms with van der Waals surface area (Å²) in [5, 5.41) is 16.9. The molecule has 0 radical (unpaired) electrons. The van der Waals surface area contributed by atoms with Gasteiger partial charge in [0.1, 0.15) is 6.26 Å². The van der Waals surface area contributed by atoms with Crippen molar-refractivity contribution in [2.24, 2.45) is 0 Å². The number of carbonyl (C=O) groups is 1. The molecule has 1 rings (SSSR count). The van der Waals surface area contributed by atoms with Crippen LogP contribution < -0.4 is 0 Å². The fraction of sp³-hybridized carbons (Fsp3) is 0.429. The number of hydrogen-bond donors (Lipinski definition) is 2. The molecule has 2 N–H and O–H groups in total. The molecule has 0 amide bonds. The number of carboxylic acid groups (broad SMARTS) is 1. The van der Waals surface area contributed by atoms with Crippen molar-refractivity contribution in [3.8, 4) is 0 Å². The Morgan fingerprint density at radius 1 is 1.67 bits per heavy atom. The summed E-state index contributed by atoms with van der Waals surface area (Å²) < 4.78 is 4.87. The molecule has 12 heavy (non-hydrogen) atoms. The Morgan fingerprint density at radius 3 is 3.00 bits per heavy atom. The molecular formula is C7H9NO4. The molecule has 0 aliphatic heterocycles. The molecule has 0 saturated carbocycles. The summed E-state index contributed by atoms with van der Waals surface area (Å²) in [6, 6.07) is 0. The average molecular weight is 171 g/mol. The quantitative estimate of drug-likeness (QED) is 0.657. The van der Waals surface area contributed by atoms with Gasteiger partial charge in [-0.3, -0.25) is 4.79 Å². The monoisotopic (exact) mass is 171 g/mol. The molecule has 0 spiro atoms. The number of hydrogen-bond acceptors (Lipinski definition) is 4. The van der Waals surface area contributed by atoms with Gasteiger partial charge in [-0.25, -0.2) is 4.98 Å². The van der Waals surface area contributed by atoms with Crippen LogP contribution in [-0.4, -0.2) is 27.8 Å². The highest BCUT2D eigenvalue weighted by Crippen LogP contribution is 2.02. The van der Waals surface area contributed by atoms with E-state index in [0.717, 1.165) is 0 Å². The molecule has 0 aliphatic rings. The van der Waals surface area contributed by atoms with Crippen molar-refractivity contribution in [3.05, 3.63) is 17.8 Å². The fourth-order valence-corrected chi connectivity index (χ4v) is 0.796. The Morgan fingerprint density at radius 2 is 2.42 bits per heavy atom. The van der Waals surface area contributed by atoms with Gasteiger partial charge >= 0.3 is 5.97 Å². The maximum atomic E-state index is 10.2. The fourth-order valence-electron chi connectivity index (χ4n) is 0.796. The number of aliphatic hydroxyl groups is 1. The van der Waals surface area contributed by atoms with Gasteiger partial charge in [0.25, 0.3) is 0 Å². The van der Waals surface area contributed by atoms with E-state index in [1.165, 1.54) is 6.26 Å². The van der Waals surface area contributed by atoms with Crippen LogP contribution in [0.5, 0.6) is 0 Å². The van der Waals surface area contributed by atoms with Crippen molar-refractivity contribution in [3.63, 3.8) is 0 Å². The minimum Gasteiger partial charge on any atom is -0.481 e. The minimum atomic E-state index is -0.946. The molecule has 1 aromatic heterocycles. The first-order valence-corrected chi connectivity index (χ1v) is 3.48. The second kappa shape index (κ2) is 3.87. The van der Waals surface area contributed by atoms with Crippen LogP contribution in [0.25, 0.3) is 0 Å². The van der Waals surface area contributed by atoms with Gasteiger partial charge in [0, 0.05) is 6.42 Å². The van der Waals surface area contributed by atoms with Crippen LogP contribution in [0.2, 0.25) is 0 Å². The van der Waals surface area contributed by atoms with Gasteiger partial charge in [-0.2, -0.15) is 0 Å². The van der Waals surface area contributed by atoms with Crippen molar-refractivity contribution in [2.75, 3.05) is 6.61 Å². The second-order valence-corrected chi connectivity index (χ2v) is 2.28. The summed E-state index contributed by atoms with van der Waals surface area (Å²) in [7, 11) is 0. The van der Waals surface area contributed by atoms with E-state index in [2.05, 4.69) is 4.98 Å². The van der Waals surface area contributed by atoms with E-state index in [0.29, 0.717) is 18.0 Å². The van der Waals surface area contributed by atoms with Gasteiger partial charge in [-0.15, -0.1) is 0 Å². The van der Waals surface area contributed by atoms with E-state index in [-0.39, 0.29) is 13.0 Å². The summed E-state index contributed by atoms with van der Waals surface area (Å²) in [4.78, 5) is 14.0. The van der Waals surface area contributed by atoms with Crippen molar-refractivity contribution in [2.45, 2.75) is 12.8 Å². The van der Waals surface area contributed by atoms with Crippen molar-refractivity contribution < 1.29 is 19.4 Å². The standard InChI is InChI=1S/C7H9NO4/c9-2-1-6-8-5(4-12-6)3-7(10)11/h4,9H,1-3H2,(H,10,11). The number of aromatic nitrogens is 1. The maximum absolute atomic E-state index is 10.2. The Bertz CT molecular complexity index is 268. The minimum absolute atomic E-state index is 0.0486. The normalized spacial score (nSPS) is 10.1. The molecule has 0 saturated heterocycles. The van der Waals surface area contributed by atoms with Gasteiger partial charge in [0.05, 0.1) is 18.7 Å². The van der Waals surface area contributed by atoms with E-state index in [4.69, 9.17) is 14.6 Å². The zero-order chi connectivity index (χ0) is 8.97. The number of carboxylic acids is 1. The molecule has 5 heteroatoms. The van der Waals surface area contributed by atoms with Crippen molar-refractivity contribution >= 4 is 5.97 Å². The molecule has 0 bridgehead atoms. The number of rotatable bonds is 4. The van der Waals surface area contributed by atoms with E-state index in [1.807, 2.05) is 0 Å². The number of aliphatic carboxylic acids is 1. The van der Waals surface area contributed by atoms with Gasteiger partial charge in [0.15, 0.2) is 5.89 Å². The lowest BCUT2D eigenvalue weighted by atomic mass is 10.3. The zero-order valence-corrected chi connectivity index (χ0v) is 6.36. The average Bonchev–Trinajstić information content (AvgIpc) is 2.36. The highest BCUT2D eigenvalue weighted by Gasteiger charge is 2.06. The third-order valence-electron chi connectivity index (χ3n) is 1.26. The predicted molar refractivity (Wildman–Crippen MR) is 38.6 cm³/mol. The van der Waals surface area contributed by atoms with Crippen LogP contribution in [0.3, 0.4) is 0 Å². The van der Waals surface area contributed by atoms with Crippen molar-refractivity contribution in [1.82, 2.24) is 4.98 Å². The van der Waals surface area contributed by atoms with Gasteiger partial charge < -0.3 is 14.6 Å². The number of oxazole rings is 1. The first kappa shape index (κ1) is 8.73. The molecule has 66 valence electrons. The smallest absolute Gasteiger partial charge is 0.309 e. The maximum Gasteiger partial charge on any atom is 0.309 e.